The number of nitrogens with zero attached hydrogens (tertiary/aromatic N) is 1. The molecular weight excluding hydrogens is 346 g/mol. The molecule has 0 spiro atoms. The summed E-state index contributed by atoms with van der Waals surface area (Å²) in [4.78, 5) is 11.4. The van der Waals surface area contributed by atoms with Gasteiger partial charge in [-0.2, -0.15) is 4.31 Å². The first kappa shape index (κ1) is 19.5. The van der Waals surface area contributed by atoms with Gasteiger partial charge in [0, 0.05) is 6.54 Å². The third-order valence-electron chi connectivity index (χ3n) is 4.43. The van der Waals surface area contributed by atoms with Gasteiger partial charge in [0.15, 0.2) is 11.5 Å². The number of hydrogen-bond donors (Lipinski definition) is 1. The van der Waals surface area contributed by atoms with E-state index in [0.717, 1.165) is 12.0 Å². The molecule has 1 aliphatic heterocycles. The molecule has 0 saturated carbocycles. The molecule has 0 aliphatic carbocycles. The third-order valence-corrected chi connectivity index (χ3v) is 6.39. The van der Waals surface area contributed by atoms with E-state index in [-0.39, 0.29) is 18.7 Å². The van der Waals surface area contributed by atoms with Gasteiger partial charge in [-0.15, -0.1) is 0 Å². The summed E-state index contributed by atoms with van der Waals surface area (Å²) in [5.74, 6) is 0.00721. The molecule has 1 atom stereocenters. The first-order valence-electron chi connectivity index (χ1n) is 8.30. The average molecular weight is 371 g/mol. The van der Waals surface area contributed by atoms with E-state index < -0.39 is 22.0 Å². The van der Waals surface area contributed by atoms with Crippen LogP contribution in [-0.4, -0.2) is 50.3 Å². The minimum atomic E-state index is -3.52. The highest BCUT2D eigenvalue weighted by atomic mass is 32.2. The van der Waals surface area contributed by atoms with Crippen molar-refractivity contribution in [2.24, 2.45) is 0 Å². The first-order valence-corrected chi connectivity index (χ1v) is 9.91. The zero-order valence-electron chi connectivity index (χ0n) is 14.8. The highest BCUT2D eigenvalue weighted by molar-refractivity contribution is 7.89. The van der Waals surface area contributed by atoms with Gasteiger partial charge in [-0.05, 0) is 36.1 Å². The molecule has 0 aromatic heterocycles. The predicted octanol–water partition coefficient (Wildman–Crippen LogP) is 2.21. The number of carboxylic acids is 1. The molecule has 1 heterocycles. The van der Waals surface area contributed by atoms with E-state index in [1.807, 2.05) is 6.92 Å². The Labute approximate surface area is 148 Å². The Morgan fingerprint density at radius 1 is 1.28 bits per heavy atom. The van der Waals surface area contributed by atoms with Crippen LogP contribution in [0.5, 0.6) is 11.5 Å². The van der Waals surface area contributed by atoms with Crippen LogP contribution in [0.3, 0.4) is 0 Å². The van der Waals surface area contributed by atoms with Gasteiger partial charge < -0.3 is 14.6 Å². The molecule has 1 aromatic rings. The minimum absolute atomic E-state index is 0.0300. The van der Waals surface area contributed by atoms with Crippen LogP contribution in [0.4, 0.5) is 0 Å². The van der Waals surface area contributed by atoms with Crippen molar-refractivity contribution in [1.82, 2.24) is 4.31 Å². The number of unbranched alkanes of at least 4 members (excludes halogenated alkanes) is 1. The van der Waals surface area contributed by atoms with E-state index in [0.29, 0.717) is 29.9 Å². The van der Waals surface area contributed by atoms with Crippen LogP contribution in [0.15, 0.2) is 12.1 Å². The van der Waals surface area contributed by atoms with Gasteiger partial charge in [0.25, 0.3) is 0 Å². The van der Waals surface area contributed by atoms with E-state index in [1.54, 1.807) is 12.1 Å². The largest absolute Gasteiger partial charge is 0.493 e. The number of carboxylic acid groups (broad SMARTS) is 1. The standard InChI is InChI=1S/C17H25NO6S/c1-4-5-8-25(21,22)18-7-6-12-9-15(23-2)16(24-3)10-13(12)14(18)11-17(19)20/h9-10,14H,4-8,11H2,1-3H3,(H,19,20)/t14-/m1/s1. The van der Waals surface area contributed by atoms with Crippen LogP contribution < -0.4 is 9.47 Å². The van der Waals surface area contributed by atoms with Crippen molar-refractivity contribution in [3.8, 4) is 11.5 Å². The molecular formula is C17H25NO6S. The van der Waals surface area contributed by atoms with E-state index in [1.165, 1.54) is 18.5 Å². The van der Waals surface area contributed by atoms with Crippen molar-refractivity contribution in [2.75, 3.05) is 26.5 Å². The normalized spacial score (nSPS) is 17.8. The smallest absolute Gasteiger partial charge is 0.305 e. The summed E-state index contributed by atoms with van der Waals surface area (Å²) >= 11 is 0. The number of benzene rings is 1. The van der Waals surface area contributed by atoms with Gasteiger partial charge in [-0.25, -0.2) is 8.42 Å². The van der Waals surface area contributed by atoms with Crippen LogP contribution in [0, 0.1) is 0 Å². The molecule has 1 aromatic carbocycles. The van der Waals surface area contributed by atoms with Crippen molar-refractivity contribution < 1.29 is 27.8 Å². The van der Waals surface area contributed by atoms with Crippen LogP contribution >= 0.6 is 0 Å². The Balaban J connectivity index is 2.49. The highest BCUT2D eigenvalue weighted by Gasteiger charge is 2.37. The second-order valence-electron chi connectivity index (χ2n) is 6.05. The third kappa shape index (κ3) is 4.24. The number of sulfonamides is 1. The van der Waals surface area contributed by atoms with Gasteiger partial charge in [-0.1, -0.05) is 13.3 Å². The first-order chi connectivity index (χ1) is 11.8. The summed E-state index contributed by atoms with van der Waals surface area (Å²) in [5, 5.41) is 9.30. The molecule has 0 amide bonds. The predicted molar refractivity (Wildman–Crippen MR) is 93.6 cm³/mol. The monoisotopic (exact) mass is 371 g/mol. The summed E-state index contributed by atoms with van der Waals surface area (Å²) in [6.45, 7) is 2.19. The molecule has 1 aliphatic rings. The summed E-state index contributed by atoms with van der Waals surface area (Å²) in [6.07, 6.45) is 1.54. The fourth-order valence-electron chi connectivity index (χ4n) is 3.16. The van der Waals surface area contributed by atoms with Gasteiger partial charge in [0.2, 0.25) is 10.0 Å². The number of fused-ring (bicyclic) bond motifs is 1. The molecule has 1 N–H and O–H groups in total. The molecule has 0 radical (unpaired) electrons. The number of ether oxygens (including phenoxy) is 2. The fraction of sp³-hybridized carbons (Fsp3) is 0.588. The number of rotatable bonds is 8. The second kappa shape index (κ2) is 8.05. The van der Waals surface area contributed by atoms with Crippen molar-refractivity contribution in [3.05, 3.63) is 23.3 Å². The molecule has 0 saturated heterocycles. The molecule has 2 rings (SSSR count). The molecule has 25 heavy (non-hydrogen) atoms. The quantitative estimate of drug-likeness (QED) is 0.753. The number of methoxy groups -OCH3 is 2. The lowest BCUT2D eigenvalue weighted by Gasteiger charge is -2.36. The molecule has 7 nitrogen and oxygen atoms in total. The van der Waals surface area contributed by atoms with Gasteiger partial charge in [-0.3, -0.25) is 4.79 Å². The van der Waals surface area contributed by atoms with E-state index in [4.69, 9.17) is 9.47 Å². The summed E-state index contributed by atoms with van der Waals surface area (Å²) in [6, 6.07) is 2.77. The Morgan fingerprint density at radius 3 is 2.48 bits per heavy atom. The zero-order chi connectivity index (χ0) is 18.6. The van der Waals surface area contributed by atoms with Crippen LogP contribution in [-0.2, 0) is 21.2 Å². The SMILES string of the molecule is CCCCS(=O)(=O)N1CCc2cc(OC)c(OC)cc2[C@H]1CC(=O)O. The van der Waals surface area contributed by atoms with E-state index >= 15 is 0 Å². The summed E-state index contributed by atoms with van der Waals surface area (Å²) in [7, 11) is -0.494. The van der Waals surface area contributed by atoms with E-state index in [9.17, 15) is 18.3 Å². The highest BCUT2D eigenvalue weighted by Crippen LogP contribution is 2.40. The maximum Gasteiger partial charge on any atom is 0.305 e. The Bertz CT molecular complexity index is 731. The Morgan fingerprint density at radius 2 is 1.92 bits per heavy atom. The van der Waals surface area contributed by atoms with Crippen LogP contribution in [0.25, 0.3) is 0 Å². The minimum Gasteiger partial charge on any atom is -0.493 e. The second-order valence-corrected chi connectivity index (χ2v) is 8.09. The van der Waals surface area contributed by atoms with Crippen molar-refractivity contribution >= 4 is 16.0 Å². The molecule has 8 heteroatoms. The maximum absolute atomic E-state index is 12.7. The van der Waals surface area contributed by atoms with Gasteiger partial charge in [0.1, 0.15) is 0 Å². The van der Waals surface area contributed by atoms with Crippen molar-refractivity contribution in [1.29, 1.82) is 0 Å². The molecule has 0 unspecified atom stereocenters. The number of carbonyl (C=O) groups is 1. The lowest BCUT2D eigenvalue weighted by molar-refractivity contribution is -0.138. The maximum atomic E-state index is 12.7. The average Bonchev–Trinajstić information content (AvgIpc) is 2.58. The molecule has 0 bridgehead atoms. The molecule has 0 fully saturated rings. The summed E-state index contributed by atoms with van der Waals surface area (Å²) < 4.78 is 37.3. The van der Waals surface area contributed by atoms with Crippen molar-refractivity contribution in [3.63, 3.8) is 0 Å². The van der Waals surface area contributed by atoms with Crippen LogP contribution in [0.1, 0.15) is 43.4 Å². The fourth-order valence-corrected chi connectivity index (χ4v) is 4.99. The summed E-state index contributed by atoms with van der Waals surface area (Å²) in [5.41, 5.74) is 1.57. The Kier molecular flexibility index (Phi) is 6.29. The number of aliphatic carboxylic acids is 1. The number of hydrogen-bond acceptors (Lipinski definition) is 5. The lowest BCUT2D eigenvalue weighted by Crippen LogP contribution is -2.42. The lowest BCUT2D eigenvalue weighted by atomic mass is 9.92. The topological polar surface area (TPSA) is 93.1 Å². The zero-order valence-corrected chi connectivity index (χ0v) is 15.6. The van der Waals surface area contributed by atoms with Crippen LogP contribution in [0.2, 0.25) is 0 Å². The van der Waals surface area contributed by atoms with Gasteiger partial charge >= 0.3 is 5.97 Å². The van der Waals surface area contributed by atoms with Gasteiger partial charge in [0.05, 0.1) is 32.4 Å². The molecule has 140 valence electrons. The van der Waals surface area contributed by atoms with E-state index in [2.05, 4.69) is 0 Å². The van der Waals surface area contributed by atoms with Crippen molar-refractivity contribution in [2.45, 2.75) is 38.6 Å². The Hall–Kier alpha value is -1.80.